The molecule has 0 atom stereocenters. The Balaban J connectivity index is 2.33. The summed E-state index contributed by atoms with van der Waals surface area (Å²) in [5.41, 5.74) is 3.33. The fraction of sp³-hybridized carbons (Fsp3) is 0.0714. The fourth-order valence-corrected chi connectivity index (χ4v) is 1.53. The summed E-state index contributed by atoms with van der Waals surface area (Å²) in [5.74, 6) is 0.844. The van der Waals surface area contributed by atoms with E-state index in [0.29, 0.717) is 0 Å². The third-order valence-corrected chi connectivity index (χ3v) is 2.36. The number of nitrogens with zero attached hydrogens (tertiary/aromatic N) is 1. The highest BCUT2D eigenvalue weighted by Gasteiger charge is 2.00. The molecule has 0 aliphatic heterocycles. The molecule has 2 heteroatoms. The van der Waals surface area contributed by atoms with Gasteiger partial charge in [-0.05, 0) is 36.2 Å². The molecular weight excluding hydrogens is 196 g/mol. The monoisotopic (exact) mass is 210 g/mol. The van der Waals surface area contributed by atoms with Crippen LogP contribution in [0.3, 0.4) is 0 Å². The van der Waals surface area contributed by atoms with Crippen molar-refractivity contribution in [1.82, 2.24) is 4.98 Å². The van der Waals surface area contributed by atoms with Crippen LogP contribution in [-0.4, -0.2) is 4.98 Å². The van der Waals surface area contributed by atoms with Crippen LogP contribution in [0.25, 0.3) is 6.08 Å². The van der Waals surface area contributed by atoms with Gasteiger partial charge in [-0.25, -0.2) is 4.98 Å². The minimum absolute atomic E-state index is 0.844. The molecule has 0 spiro atoms. The summed E-state index contributed by atoms with van der Waals surface area (Å²) in [5, 5.41) is 3.28. The van der Waals surface area contributed by atoms with Crippen LogP contribution in [0, 0.1) is 6.92 Å². The maximum Gasteiger partial charge on any atom is 0.130 e. The van der Waals surface area contributed by atoms with Crippen molar-refractivity contribution in [2.75, 3.05) is 5.32 Å². The zero-order valence-electron chi connectivity index (χ0n) is 9.27. The molecule has 2 aromatic rings. The van der Waals surface area contributed by atoms with Crippen LogP contribution < -0.4 is 5.32 Å². The Bertz CT molecular complexity index is 489. The highest BCUT2D eigenvalue weighted by Crippen LogP contribution is 2.21. The largest absolute Gasteiger partial charge is 0.340 e. The molecule has 0 amide bonds. The number of benzene rings is 1. The molecule has 2 nitrogen and oxygen atoms in total. The number of pyridine rings is 1. The van der Waals surface area contributed by atoms with E-state index in [-0.39, 0.29) is 0 Å². The van der Waals surface area contributed by atoms with Crippen molar-refractivity contribution >= 4 is 17.6 Å². The van der Waals surface area contributed by atoms with Gasteiger partial charge in [0.05, 0.1) is 0 Å². The highest BCUT2D eigenvalue weighted by molar-refractivity contribution is 5.70. The molecule has 0 unspecified atom stereocenters. The summed E-state index contributed by atoms with van der Waals surface area (Å²) in [7, 11) is 0. The number of aromatic nitrogens is 1. The van der Waals surface area contributed by atoms with Gasteiger partial charge in [-0.3, -0.25) is 0 Å². The summed E-state index contributed by atoms with van der Waals surface area (Å²) in [4.78, 5) is 4.23. The van der Waals surface area contributed by atoms with Gasteiger partial charge in [0.1, 0.15) is 5.82 Å². The lowest BCUT2D eigenvalue weighted by molar-refractivity contribution is 1.30. The van der Waals surface area contributed by atoms with E-state index in [9.17, 15) is 0 Å². The van der Waals surface area contributed by atoms with Crippen molar-refractivity contribution in [2.45, 2.75) is 6.92 Å². The highest BCUT2D eigenvalue weighted by atomic mass is 15.0. The zero-order chi connectivity index (χ0) is 11.4. The zero-order valence-corrected chi connectivity index (χ0v) is 9.27. The van der Waals surface area contributed by atoms with Crippen LogP contribution in [0.5, 0.6) is 0 Å². The van der Waals surface area contributed by atoms with Crippen LogP contribution in [0.15, 0.2) is 49.2 Å². The lowest BCUT2D eigenvalue weighted by Crippen LogP contribution is -1.95. The predicted octanol–water partition coefficient (Wildman–Crippen LogP) is 3.78. The standard InChI is InChI=1S/C14H14N2/c1-3-12-8-7-11(2)10-13(12)16-14-6-4-5-9-15-14/h3-10H,1H2,2H3,(H,15,16). The van der Waals surface area contributed by atoms with E-state index in [0.717, 1.165) is 17.1 Å². The Kier molecular flexibility index (Phi) is 3.01. The molecular formula is C14H14N2. The summed E-state index contributed by atoms with van der Waals surface area (Å²) in [6, 6.07) is 12.0. The first-order valence-corrected chi connectivity index (χ1v) is 5.21. The molecule has 0 bridgehead atoms. The molecule has 1 aromatic heterocycles. The minimum Gasteiger partial charge on any atom is -0.340 e. The van der Waals surface area contributed by atoms with Gasteiger partial charge < -0.3 is 5.32 Å². The van der Waals surface area contributed by atoms with Crippen molar-refractivity contribution < 1.29 is 0 Å². The third-order valence-electron chi connectivity index (χ3n) is 2.36. The number of hydrogen-bond acceptors (Lipinski definition) is 2. The molecule has 80 valence electrons. The van der Waals surface area contributed by atoms with Gasteiger partial charge in [0.2, 0.25) is 0 Å². The van der Waals surface area contributed by atoms with Gasteiger partial charge in [0.15, 0.2) is 0 Å². The number of hydrogen-bond donors (Lipinski definition) is 1. The van der Waals surface area contributed by atoms with Crippen molar-refractivity contribution in [3.05, 3.63) is 60.3 Å². The van der Waals surface area contributed by atoms with Gasteiger partial charge >= 0.3 is 0 Å². The van der Waals surface area contributed by atoms with Crippen LogP contribution in [-0.2, 0) is 0 Å². The van der Waals surface area contributed by atoms with E-state index < -0.39 is 0 Å². The normalized spacial score (nSPS) is 9.81. The van der Waals surface area contributed by atoms with E-state index in [2.05, 4.69) is 35.9 Å². The van der Waals surface area contributed by atoms with E-state index in [4.69, 9.17) is 0 Å². The molecule has 0 radical (unpaired) electrons. The van der Waals surface area contributed by atoms with Crippen LogP contribution in [0.2, 0.25) is 0 Å². The average Bonchev–Trinajstić information content (AvgIpc) is 2.31. The Morgan fingerprint density at radius 1 is 1.25 bits per heavy atom. The van der Waals surface area contributed by atoms with Gasteiger partial charge in [0, 0.05) is 11.9 Å². The molecule has 0 saturated heterocycles. The van der Waals surface area contributed by atoms with Crippen molar-refractivity contribution in [3.8, 4) is 0 Å². The summed E-state index contributed by atoms with van der Waals surface area (Å²) >= 11 is 0. The fourth-order valence-electron chi connectivity index (χ4n) is 1.53. The van der Waals surface area contributed by atoms with E-state index >= 15 is 0 Å². The van der Waals surface area contributed by atoms with E-state index in [1.165, 1.54) is 5.56 Å². The first-order valence-electron chi connectivity index (χ1n) is 5.21. The second-order valence-electron chi connectivity index (χ2n) is 3.63. The first-order chi connectivity index (χ1) is 7.79. The Hall–Kier alpha value is -2.09. The molecule has 0 aliphatic rings. The van der Waals surface area contributed by atoms with E-state index in [1.807, 2.05) is 30.3 Å². The summed E-state index contributed by atoms with van der Waals surface area (Å²) in [6.07, 6.45) is 3.61. The Morgan fingerprint density at radius 2 is 2.12 bits per heavy atom. The average molecular weight is 210 g/mol. The molecule has 0 aliphatic carbocycles. The summed E-state index contributed by atoms with van der Waals surface area (Å²) < 4.78 is 0. The topological polar surface area (TPSA) is 24.9 Å². The van der Waals surface area contributed by atoms with Gasteiger partial charge in [0.25, 0.3) is 0 Å². The molecule has 1 N–H and O–H groups in total. The SMILES string of the molecule is C=Cc1ccc(C)cc1Nc1ccccn1. The molecule has 0 fully saturated rings. The molecule has 1 aromatic carbocycles. The lowest BCUT2D eigenvalue weighted by atomic mass is 10.1. The number of aryl methyl sites for hydroxylation is 1. The second kappa shape index (κ2) is 4.62. The lowest BCUT2D eigenvalue weighted by Gasteiger charge is -2.09. The van der Waals surface area contributed by atoms with Crippen LogP contribution in [0.1, 0.15) is 11.1 Å². The number of anilines is 2. The third kappa shape index (κ3) is 2.28. The van der Waals surface area contributed by atoms with E-state index in [1.54, 1.807) is 6.20 Å². The van der Waals surface area contributed by atoms with Gasteiger partial charge in [-0.15, -0.1) is 0 Å². The Labute approximate surface area is 95.7 Å². The van der Waals surface area contributed by atoms with Crippen molar-refractivity contribution in [2.24, 2.45) is 0 Å². The van der Waals surface area contributed by atoms with Crippen LogP contribution in [0.4, 0.5) is 11.5 Å². The van der Waals surface area contributed by atoms with Crippen molar-refractivity contribution in [1.29, 1.82) is 0 Å². The molecule has 1 heterocycles. The minimum atomic E-state index is 0.844. The van der Waals surface area contributed by atoms with Gasteiger partial charge in [-0.1, -0.05) is 30.9 Å². The summed E-state index contributed by atoms with van der Waals surface area (Å²) in [6.45, 7) is 5.87. The second-order valence-corrected chi connectivity index (χ2v) is 3.63. The van der Waals surface area contributed by atoms with Crippen LogP contribution >= 0.6 is 0 Å². The molecule has 16 heavy (non-hydrogen) atoms. The maximum atomic E-state index is 4.23. The first kappa shape index (κ1) is 10.4. The number of nitrogens with one attached hydrogen (secondary N) is 1. The maximum absolute atomic E-state index is 4.23. The van der Waals surface area contributed by atoms with Gasteiger partial charge in [-0.2, -0.15) is 0 Å². The predicted molar refractivity (Wildman–Crippen MR) is 68.8 cm³/mol. The molecule has 0 saturated carbocycles. The Morgan fingerprint density at radius 3 is 2.81 bits per heavy atom. The quantitative estimate of drug-likeness (QED) is 0.834. The molecule has 2 rings (SSSR count). The smallest absolute Gasteiger partial charge is 0.130 e. The number of rotatable bonds is 3. The van der Waals surface area contributed by atoms with Crippen molar-refractivity contribution in [3.63, 3.8) is 0 Å².